The minimum absolute atomic E-state index is 0.0310. The van der Waals surface area contributed by atoms with Gasteiger partial charge in [-0.2, -0.15) is 0 Å². The number of rotatable bonds is 10. The third-order valence-corrected chi connectivity index (χ3v) is 4.32. The van der Waals surface area contributed by atoms with Crippen molar-refractivity contribution in [3.05, 3.63) is 60.2 Å². The van der Waals surface area contributed by atoms with E-state index in [-0.39, 0.29) is 5.92 Å². The van der Waals surface area contributed by atoms with E-state index in [9.17, 15) is 5.11 Å². The number of hydrogen-bond donors (Lipinski definition) is 1. The Hall–Kier alpha value is -1.34. The molecule has 1 rings (SSSR count). The van der Waals surface area contributed by atoms with Crippen molar-refractivity contribution in [3.8, 4) is 0 Å². The summed E-state index contributed by atoms with van der Waals surface area (Å²) < 4.78 is 0. The molecule has 1 aromatic carbocycles. The van der Waals surface area contributed by atoms with Crippen molar-refractivity contribution in [2.24, 2.45) is 0 Å². The molecule has 0 heterocycles. The quantitative estimate of drug-likeness (QED) is 0.414. The Balaban J connectivity index is 2.62. The molecular weight excluding hydrogens is 268 g/mol. The lowest BCUT2D eigenvalue weighted by atomic mass is 9.81. The molecule has 0 amide bonds. The number of unbranched alkanes of at least 4 members (excludes halogenated alkanes) is 4. The molecule has 0 bridgehead atoms. The molecule has 0 aromatic heterocycles. The number of benzene rings is 1. The molecule has 0 aliphatic heterocycles. The van der Waals surface area contributed by atoms with Gasteiger partial charge in [-0.1, -0.05) is 87.7 Å². The first kappa shape index (κ1) is 18.7. The van der Waals surface area contributed by atoms with Gasteiger partial charge in [0.05, 0.1) is 5.60 Å². The summed E-state index contributed by atoms with van der Waals surface area (Å²) in [4.78, 5) is 0. The van der Waals surface area contributed by atoms with Gasteiger partial charge in [-0.25, -0.2) is 0 Å². The van der Waals surface area contributed by atoms with E-state index in [1.54, 1.807) is 0 Å². The van der Waals surface area contributed by atoms with Gasteiger partial charge in [0.2, 0.25) is 0 Å². The van der Waals surface area contributed by atoms with E-state index >= 15 is 0 Å². The van der Waals surface area contributed by atoms with Gasteiger partial charge in [0, 0.05) is 5.92 Å². The van der Waals surface area contributed by atoms with Gasteiger partial charge in [-0.05, 0) is 31.7 Å². The minimum Gasteiger partial charge on any atom is -0.389 e. The summed E-state index contributed by atoms with van der Waals surface area (Å²) in [5.74, 6) is 0.0310. The molecule has 0 saturated carbocycles. The van der Waals surface area contributed by atoms with E-state index in [0.717, 1.165) is 12.8 Å². The molecule has 0 fully saturated rings. The highest BCUT2D eigenvalue weighted by Crippen LogP contribution is 2.32. The van der Waals surface area contributed by atoms with Gasteiger partial charge in [0.1, 0.15) is 0 Å². The SMILES string of the molecule is CCCCCC/C=C/C=C/[C@@H](c1ccccc1)[C@@](C)(O)CC. The summed E-state index contributed by atoms with van der Waals surface area (Å²) in [5.41, 5.74) is 0.453. The molecule has 0 spiro atoms. The Morgan fingerprint density at radius 3 is 2.41 bits per heavy atom. The third kappa shape index (κ3) is 6.62. The highest BCUT2D eigenvalue weighted by Gasteiger charge is 2.28. The molecule has 1 aromatic rings. The Bertz CT molecular complexity index is 442. The monoisotopic (exact) mass is 300 g/mol. The largest absolute Gasteiger partial charge is 0.389 e. The highest BCUT2D eigenvalue weighted by molar-refractivity contribution is 5.28. The van der Waals surface area contributed by atoms with Crippen molar-refractivity contribution < 1.29 is 5.11 Å². The predicted molar refractivity (Wildman–Crippen MR) is 97.1 cm³/mol. The summed E-state index contributed by atoms with van der Waals surface area (Å²) in [5, 5.41) is 10.7. The Morgan fingerprint density at radius 1 is 1.05 bits per heavy atom. The van der Waals surface area contributed by atoms with Crippen LogP contribution < -0.4 is 0 Å². The van der Waals surface area contributed by atoms with Crippen LogP contribution in [0.15, 0.2) is 54.6 Å². The first-order chi connectivity index (χ1) is 10.6. The lowest BCUT2D eigenvalue weighted by Crippen LogP contribution is -2.30. The van der Waals surface area contributed by atoms with Gasteiger partial charge in [0.15, 0.2) is 0 Å². The summed E-state index contributed by atoms with van der Waals surface area (Å²) in [6, 6.07) is 10.3. The molecule has 0 saturated heterocycles. The van der Waals surface area contributed by atoms with Crippen LogP contribution in [0.25, 0.3) is 0 Å². The smallest absolute Gasteiger partial charge is 0.0719 e. The Labute approximate surface area is 136 Å². The van der Waals surface area contributed by atoms with Crippen LogP contribution in [0, 0.1) is 0 Å². The highest BCUT2D eigenvalue weighted by atomic mass is 16.3. The van der Waals surface area contributed by atoms with E-state index in [1.807, 2.05) is 32.0 Å². The van der Waals surface area contributed by atoms with Gasteiger partial charge < -0.3 is 5.11 Å². The third-order valence-electron chi connectivity index (χ3n) is 4.32. The lowest BCUT2D eigenvalue weighted by molar-refractivity contribution is 0.0411. The zero-order valence-corrected chi connectivity index (χ0v) is 14.5. The van der Waals surface area contributed by atoms with Gasteiger partial charge in [-0.3, -0.25) is 0 Å². The predicted octanol–water partition coefficient (Wildman–Crippen LogP) is 6.01. The van der Waals surface area contributed by atoms with E-state index < -0.39 is 5.60 Å². The van der Waals surface area contributed by atoms with Crippen molar-refractivity contribution >= 4 is 0 Å². The molecule has 0 aliphatic rings. The molecule has 1 N–H and O–H groups in total. The van der Waals surface area contributed by atoms with Crippen LogP contribution in [0.4, 0.5) is 0 Å². The van der Waals surface area contributed by atoms with Gasteiger partial charge >= 0.3 is 0 Å². The second-order valence-corrected chi connectivity index (χ2v) is 6.26. The molecule has 0 unspecified atom stereocenters. The van der Waals surface area contributed by atoms with E-state index in [1.165, 1.54) is 31.2 Å². The second kappa shape index (κ2) is 10.4. The molecule has 1 nitrogen and oxygen atoms in total. The van der Waals surface area contributed by atoms with E-state index in [2.05, 4.69) is 43.4 Å². The number of aliphatic hydroxyl groups is 1. The molecule has 2 atom stereocenters. The van der Waals surface area contributed by atoms with Crippen LogP contribution in [0.3, 0.4) is 0 Å². The van der Waals surface area contributed by atoms with Crippen LogP contribution in [0.5, 0.6) is 0 Å². The summed E-state index contributed by atoms with van der Waals surface area (Å²) in [6.07, 6.45) is 15.6. The van der Waals surface area contributed by atoms with Crippen LogP contribution in [0.2, 0.25) is 0 Å². The first-order valence-corrected chi connectivity index (χ1v) is 8.72. The maximum absolute atomic E-state index is 10.7. The molecule has 1 heteroatoms. The second-order valence-electron chi connectivity index (χ2n) is 6.26. The van der Waals surface area contributed by atoms with Crippen molar-refractivity contribution in [2.45, 2.75) is 70.8 Å². The average Bonchev–Trinajstić information content (AvgIpc) is 2.54. The summed E-state index contributed by atoms with van der Waals surface area (Å²) in [7, 11) is 0. The first-order valence-electron chi connectivity index (χ1n) is 8.72. The van der Waals surface area contributed by atoms with Crippen molar-refractivity contribution in [1.82, 2.24) is 0 Å². The average molecular weight is 300 g/mol. The normalized spacial score (nSPS) is 16.2. The van der Waals surface area contributed by atoms with Crippen LogP contribution >= 0.6 is 0 Å². The maximum Gasteiger partial charge on any atom is 0.0719 e. The molecule has 0 aliphatic carbocycles. The van der Waals surface area contributed by atoms with Crippen molar-refractivity contribution in [3.63, 3.8) is 0 Å². The Kier molecular flexibility index (Phi) is 8.84. The molecule has 0 radical (unpaired) electrons. The lowest BCUT2D eigenvalue weighted by Gasteiger charge is -2.30. The van der Waals surface area contributed by atoms with Crippen molar-refractivity contribution in [2.75, 3.05) is 0 Å². The standard InChI is InChI=1S/C21H32O/c1-4-6-7-8-9-10-11-15-18-20(21(3,22)5-2)19-16-13-12-14-17-19/h10-18,20,22H,4-9H2,1-3H3/b11-10+,18-15+/t20-,21-/m0/s1. The fraction of sp³-hybridized carbons (Fsp3) is 0.524. The number of allylic oxidation sites excluding steroid dienone is 3. The summed E-state index contributed by atoms with van der Waals surface area (Å²) >= 11 is 0. The fourth-order valence-corrected chi connectivity index (χ4v) is 2.60. The zero-order chi connectivity index (χ0) is 16.3. The number of hydrogen-bond acceptors (Lipinski definition) is 1. The molecular formula is C21H32O. The Morgan fingerprint density at radius 2 is 1.77 bits per heavy atom. The molecule has 122 valence electrons. The summed E-state index contributed by atoms with van der Waals surface area (Å²) in [6.45, 7) is 6.19. The van der Waals surface area contributed by atoms with Gasteiger partial charge in [0.25, 0.3) is 0 Å². The van der Waals surface area contributed by atoms with Crippen LogP contribution in [-0.4, -0.2) is 10.7 Å². The zero-order valence-electron chi connectivity index (χ0n) is 14.5. The van der Waals surface area contributed by atoms with Crippen LogP contribution in [-0.2, 0) is 0 Å². The maximum atomic E-state index is 10.7. The fourth-order valence-electron chi connectivity index (χ4n) is 2.60. The van der Waals surface area contributed by atoms with E-state index in [0.29, 0.717) is 0 Å². The molecule has 22 heavy (non-hydrogen) atoms. The minimum atomic E-state index is -0.715. The van der Waals surface area contributed by atoms with E-state index in [4.69, 9.17) is 0 Å². The van der Waals surface area contributed by atoms with Crippen LogP contribution in [0.1, 0.15) is 70.8 Å². The topological polar surface area (TPSA) is 20.2 Å². The van der Waals surface area contributed by atoms with Crippen molar-refractivity contribution in [1.29, 1.82) is 0 Å². The van der Waals surface area contributed by atoms with Gasteiger partial charge in [-0.15, -0.1) is 0 Å².